The van der Waals surface area contributed by atoms with Gasteiger partial charge in [-0.05, 0) is 65.1 Å². The highest BCUT2D eigenvalue weighted by Crippen LogP contribution is 2.28. The van der Waals surface area contributed by atoms with Gasteiger partial charge in [-0.25, -0.2) is 9.59 Å². The van der Waals surface area contributed by atoms with Crippen LogP contribution in [0.3, 0.4) is 0 Å². The van der Waals surface area contributed by atoms with Gasteiger partial charge in [0.2, 0.25) is 0 Å². The van der Waals surface area contributed by atoms with Crippen molar-refractivity contribution in [2.24, 2.45) is 5.92 Å². The summed E-state index contributed by atoms with van der Waals surface area (Å²) in [5, 5.41) is 13.9. The molecule has 0 saturated carbocycles. The molecule has 0 radical (unpaired) electrons. The molecule has 272 valence electrons. The maximum absolute atomic E-state index is 13.8. The summed E-state index contributed by atoms with van der Waals surface area (Å²) in [6, 6.07) is 38.7. The summed E-state index contributed by atoms with van der Waals surface area (Å²) in [5.41, 5.74) is 7.43. The first kappa shape index (κ1) is 39.1. The van der Waals surface area contributed by atoms with E-state index in [2.05, 4.69) is 137 Å². The van der Waals surface area contributed by atoms with Gasteiger partial charge >= 0.3 is 18.2 Å². The number of benzene rings is 4. The molecule has 1 aliphatic heterocycles. The Morgan fingerprint density at radius 2 is 1.39 bits per heavy atom. The number of halogens is 3. The summed E-state index contributed by atoms with van der Waals surface area (Å²) in [7, 11) is 0. The molecule has 0 unspecified atom stereocenters. The average molecular weight is 703 g/mol. The highest BCUT2D eigenvalue weighted by atomic mass is 19.4. The number of hydrogen-bond donors (Lipinski definition) is 3. The number of piperidine rings is 1. The molecule has 0 atom stereocenters. The molecule has 2 amide bonds. The molecule has 1 fully saturated rings. The predicted octanol–water partition coefficient (Wildman–Crippen LogP) is 8.15. The van der Waals surface area contributed by atoms with Gasteiger partial charge in [-0.1, -0.05) is 123 Å². The Morgan fingerprint density at radius 1 is 0.824 bits per heavy atom. The van der Waals surface area contributed by atoms with Crippen LogP contribution in [-0.2, 0) is 30.8 Å². The van der Waals surface area contributed by atoms with E-state index in [-0.39, 0.29) is 12.1 Å². The van der Waals surface area contributed by atoms with Crippen LogP contribution in [0, 0.1) is 5.92 Å². The molecule has 1 aliphatic rings. The molecule has 10 heteroatoms. The van der Waals surface area contributed by atoms with E-state index >= 15 is 0 Å². The quantitative estimate of drug-likeness (QED) is 0.131. The van der Waals surface area contributed by atoms with E-state index in [4.69, 9.17) is 9.90 Å². The van der Waals surface area contributed by atoms with Crippen molar-refractivity contribution in [2.75, 3.05) is 26.2 Å². The van der Waals surface area contributed by atoms with Crippen molar-refractivity contribution in [3.05, 3.63) is 131 Å². The third-order valence-electron chi connectivity index (χ3n) is 8.79. The van der Waals surface area contributed by atoms with Crippen LogP contribution in [0.15, 0.2) is 109 Å². The van der Waals surface area contributed by atoms with Gasteiger partial charge in [-0.2, -0.15) is 13.2 Å². The first-order valence-corrected chi connectivity index (χ1v) is 17.5. The molecule has 1 saturated heterocycles. The highest BCUT2D eigenvalue weighted by Gasteiger charge is 2.38. The summed E-state index contributed by atoms with van der Waals surface area (Å²) in [4.78, 5) is 27.4. The van der Waals surface area contributed by atoms with E-state index in [0.29, 0.717) is 19.0 Å². The number of nitrogens with zero attached hydrogens (tertiary/aromatic N) is 2. The van der Waals surface area contributed by atoms with Crippen LogP contribution in [0.1, 0.15) is 48.9 Å². The van der Waals surface area contributed by atoms with Gasteiger partial charge in [-0.3, -0.25) is 4.90 Å². The number of likely N-dealkylation sites (tertiary alicyclic amines) is 1. The van der Waals surface area contributed by atoms with Crippen LogP contribution < -0.4 is 10.6 Å². The molecule has 4 aromatic carbocycles. The maximum Gasteiger partial charge on any atom is 0.490 e. The van der Waals surface area contributed by atoms with Gasteiger partial charge in [0.15, 0.2) is 0 Å². The van der Waals surface area contributed by atoms with E-state index in [9.17, 15) is 18.0 Å². The summed E-state index contributed by atoms with van der Waals surface area (Å²) in [6.07, 6.45) is -2.32. The Balaban J connectivity index is 0.000000755. The molecular weight excluding hydrogens is 653 g/mol. The molecule has 4 aromatic rings. The number of carboxylic acids is 1. The summed E-state index contributed by atoms with van der Waals surface area (Å²) < 4.78 is 31.7. The molecule has 0 aromatic heterocycles. The van der Waals surface area contributed by atoms with Gasteiger partial charge < -0.3 is 20.6 Å². The van der Waals surface area contributed by atoms with Crippen molar-refractivity contribution in [3.8, 4) is 11.1 Å². The third kappa shape index (κ3) is 13.2. The first-order valence-electron chi connectivity index (χ1n) is 17.5. The van der Waals surface area contributed by atoms with Crippen molar-refractivity contribution in [1.29, 1.82) is 0 Å². The lowest BCUT2D eigenvalue weighted by Crippen LogP contribution is -2.50. The monoisotopic (exact) mass is 702 g/mol. The Kier molecular flexibility index (Phi) is 15.1. The van der Waals surface area contributed by atoms with Crippen LogP contribution in [-0.4, -0.2) is 65.3 Å². The number of carboxylic acid groups (broad SMARTS) is 1. The first-order chi connectivity index (χ1) is 24.5. The number of carbonyl (C=O) groups is 2. The van der Waals surface area contributed by atoms with Crippen molar-refractivity contribution in [3.63, 3.8) is 0 Å². The Morgan fingerprint density at radius 3 is 1.98 bits per heavy atom. The molecule has 0 bridgehead atoms. The zero-order chi connectivity index (χ0) is 36.6. The Labute approximate surface area is 299 Å². The number of alkyl halides is 3. The van der Waals surface area contributed by atoms with Crippen LogP contribution in [0.4, 0.5) is 18.0 Å². The number of rotatable bonds is 13. The van der Waals surface area contributed by atoms with Gasteiger partial charge in [0.05, 0.1) is 0 Å². The fourth-order valence-electron chi connectivity index (χ4n) is 6.09. The topological polar surface area (TPSA) is 84.9 Å². The molecule has 3 N–H and O–H groups in total. The normalized spacial score (nSPS) is 13.7. The van der Waals surface area contributed by atoms with Gasteiger partial charge in [0.25, 0.3) is 0 Å². The minimum Gasteiger partial charge on any atom is -0.475 e. The minimum absolute atomic E-state index is 0.0313. The highest BCUT2D eigenvalue weighted by molar-refractivity contribution is 5.75. The number of hydrogen-bond acceptors (Lipinski definition) is 4. The van der Waals surface area contributed by atoms with Crippen LogP contribution >= 0.6 is 0 Å². The second-order valence-corrected chi connectivity index (χ2v) is 13.3. The van der Waals surface area contributed by atoms with Crippen molar-refractivity contribution >= 4 is 12.0 Å². The Hall–Kier alpha value is -4.67. The molecule has 0 spiro atoms. The van der Waals surface area contributed by atoms with E-state index in [0.717, 1.165) is 52.0 Å². The zero-order valence-corrected chi connectivity index (χ0v) is 29.4. The standard InChI is InChI=1S/C39H48N4O.C2HF3O2/c1-31(2)27-40-28-33-17-19-35(20-18-33)38-16-10-9-15-36(38)30-43(39(44)41-24-21-32-11-5-3-6-12-32)37-22-25-42(26-23-37)29-34-13-7-4-8-14-34;3-2(4,5)1(6)7/h3-20,31,37,40H,21-30H2,1-2H3,(H,41,44);(H,6,7). The zero-order valence-electron chi connectivity index (χ0n) is 29.4. The van der Waals surface area contributed by atoms with Crippen LogP contribution in [0.2, 0.25) is 0 Å². The van der Waals surface area contributed by atoms with E-state index in [1.54, 1.807) is 0 Å². The lowest BCUT2D eigenvalue weighted by Gasteiger charge is -2.39. The maximum atomic E-state index is 13.8. The second-order valence-electron chi connectivity index (χ2n) is 13.3. The largest absolute Gasteiger partial charge is 0.490 e. The molecule has 1 heterocycles. The van der Waals surface area contributed by atoms with Crippen molar-refractivity contribution in [2.45, 2.75) is 65.0 Å². The smallest absolute Gasteiger partial charge is 0.475 e. The molecule has 7 nitrogen and oxygen atoms in total. The number of urea groups is 1. The van der Waals surface area contributed by atoms with E-state index in [1.807, 2.05) is 6.07 Å². The lowest BCUT2D eigenvalue weighted by molar-refractivity contribution is -0.192. The summed E-state index contributed by atoms with van der Waals surface area (Å²) >= 11 is 0. The fraction of sp³-hybridized carbons (Fsp3) is 0.366. The average Bonchev–Trinajstić information content (AvgIpc) is 3.12. The van der Waals surface area contributed by atoms with Gasteiger partial charge in [0.1, 0.15) is 0 Å². The molecule has 51 heavy (non-hydrogen) atoms. The number of aliphatic carboxylic acids is 1. The van der Waals surface area contributed by atoms with Gasteiger partial charge in [-0.15, -0.1) is 0 Å². The lowest BCUT2D eigenvalue weighted by atomic mass is 9.96. The second kappa shape index (κ2) is 19.7. The fourth-order valence-corrected chi connectivity index (χ4v) is 6.09. The van der Waals surface area contributed by atoms with Gasteiger partial charge in [0, 0.05) is 45.3 Å². The molecule has 5 rings (SSSR count). The van der Waals surface area contributed by atoms with Crippen LogP contribution in [0.25, 0.3) is 11.1 Å². The summed E-state index contributed by atoms with van der Waals surface area (Å²) in [5.74, 6) is -2.12. The number of nitrogens with one attached hydrogen (secondary N) is 2. The minimum atomic E-state index is -5.08. The number of amides is 2. The van der Waals surface area contributed by atoms with Crippen LogP contribution in [0.5, 0.6) is 0 Å². The van der Waals surface area contributed by atoms with E-state index < -0.39 is 12.1 Å². The third-order valence-corrected chi connectivity index (χ3v) is 8.79. The van der Waals surface area contributed by atoms with E-state index in [1.165, 1.54) is 33.4 Å². The molecular formula is C41H49F3N4O3. The summed E-state index contributed by atoms with van der Waals surface area (Å²) in [6.45, 7) is 10.5. The SMILES string of the molecule is CC(C)CNCc1ccc(-c2ccccc2CN(C(=O)NCCc2ccccc2)C2CCN(Cc3ccccc3)CC2)cc1.O=C(O)C(F)(F)F. The Bertz CT molecular complexity index is 1630. The van der Waals surface area contributed by atoms with Crippen molar-refractivity contribution in [1.82, 2.24) is 20.4 Å². The number of carbonyl (C=O) groups excluding carboxylic acids is 1. The predicted molar refractivity (Wildman–Crippen MR) is 196 cm³/mol. The van der Waals surface area contributed by atoms with Crippen molar-refractivity contribution < 1.29 is 27.9 Å². The molecule has 0 aliphatic carbocycles.